The van der Waals surface area contributed by atoms with E-state index in [4.69, 9.17) is 21.9 Å². The molecule has 0 unspecified atom stereocenters. The third kappa shape index (κ3) is 5.28. The number of anilines is 3. The van der Waals surface area contributed by atoms with Gasteiger partial charge in [-0.1, -0.05) is 18.2 Å². The van der Waals surface area contributed by atoms with Crippen LogP contribution in [0.25, 0.3) is 0 Å². The van der Waals surface area contributed by atoms with E-state index in [9.17, 15) is 0 Å². The summed E-state index contributed by atoms with van der Waals surface area (Å²) in [5.41, 5.74) is 20.1. The Morgan fingerprint density at radius 3 is 1.39 bits per heavy atom. The highest BCUT2D eigenvalue weighted by molar-refractivity contribution is 5.46. The lowest BCUT2D eigenvalue weighted by Crippen LogP contribution is -1.87. The SMILES string of the molecule is Cc1ccccc1N.Nc1ccc(Oc2ccc(N)cc2)cc1. The molecule has 4 heteroatoms. The summed E-state index contributed by atoms with van der Waals surface area (Å²) in [7, 11) is 0. The molecule has 0 bridgehead atoms. The zero-order valence-electron chi connectivity index (χ0n) is 13.1. The van der Waals surface area contributed by atoms with Crippen molar-refractivity contribution in [2.24, 2.45) is 0 Å². The first-order valence-electron chi connectivity index (χ1n) is 7.24. The number of rotatable bonds is 2. The molecule has 118 valence electrons. The van der Waals surface area contributed by atoms with Crippen LogP contribution in [-0.2, 0) is 0 Å². The zero-order chi connectivity index (χ0) is 16.7. The molecule has 0 spiro atoms. The van der Waals surface area contributed by atoms with Crippen LogP contribution in [0.4, 0.5) is 17.1 Å². The average molecular weight is 307 g/mol. The lowest BCUT2D eigenvalue weighted by atomic mass is 10.2. The van der Waals surface area contributed by atoms with Crippen molar-refractivity contribution < 1.29 is 4.74 Å². The van der Waals surface area contributed by atoms with Gasteiger partial charge in [0.1, 0.15) is 11.5 Å². The molecule has 23 heavy (non-hydrogen) atoms. The number of benzene rings is 3. The Hall–Kier alpha value is -3.14. The van der Waals surface area contributed by atoms with E-state index < -0.39 is 0 Å². The van der Waals surface area contributed by atoms with Gasteiger partial charge in [0.2, 0.25) is 0 Å². The summed E-state index contributed by atoms with van der Waals surface area (Å²) < 4.78 is 5.58. The second-order valence-corrected chi connectivity index (χ2v) is 5.10. The number of para-hydroxylation sites is 1. The first-order valence-corrected chi connectivity index (χ1v) is 7.24. The summed E-state index contributed by atoms with van der Waals surface area (Å²) in [5.74, 6) is 1.52. The highest BCUT2D eigenvalue weighted by atomic mass is 16.5. The Bertz CT molecular complexity index is 673. The molecule has 6 N–H and O–H groups in total. The van der Waals surface area contributed by atoms with Gasteiger partial charge in [0, 0.05) is 17.1 Å². The number of nitrogens with two attached hydrogens (primary N) is 3. The lowest BCUT2D eigenvalue weighted by molar-refractivity contribution is 0.483. The van der Waals surface area contributed by atoms with Gasteiger partial charge in [-0.2, -0.15) is 0 Å². The van der Waals surface area contributed by atoms with Crippen LogP contribution in [0.1, 0.15) is 5.56 Å². The molecule has 0 atom stereocenters. The number of hydrogen-bond acceptors (Lipinski definition) is 4. The van der Waals surface area contributed by atoms with E-state index in [0.29, 0.717) is 0 Å². The number of nitrogen functional groups attached to an aromatic ring is 3. The molecule has 0 heterocycles. The Morgan fingerprint density at radius 2 is 1.04 bits per heavy atom. The quantitative estimate of drug-likeness (QED) is 0.618. The Morgan fingerprint density at radius 1 is 0.609 bits per heavy atom. The standard InChI is InChI=1S/C12H12N2O.C7H9N/c13-9-1-5-11(6-2-9)15-12-7-3-10(14)4-8-12;1-6-4-2-3-5-7(6)8/h1-8H,13-14H2;2-5H,8H2,1H3. The molecule has 4 nitrogen and oxygen atoms in total. The van der Waals surface area contributed by atoms with E-state index in [-0.39, 0.29) is 0 Å². The predicted molar refractivity (Wildman–Crippen MR) is 97.4 cm³/mol. The molecule has 0 aliphatic heterocycles. The third-order valence-electron chi connectivity index (χ3n) is 3.18. The van der Waals surface area contributed by atoms with Crippen molar-refractivity contribution >= 4 is 17.1 Å². The smallest absolute Gasteiger partial charge is 0.127 e. The summed E-state index contributed by atoms with van der Waals surface area (Å²) in [5, 5.41) is 0. The number of aryl methyl sites for hydroxylation is 1. The molecule has 3 aromatic rings. The largest absolute Gasteiger partial charge is 0.457 e. The third-order valence-corrected chi connectivity index (χ3v) is 3.18. The first kappa shape index (κ1) is 16.2. The fourth-order valence-electron chi connectivity index (χ4n) is 1.79. The first-order chi connectivity index (χ1) is 11.0. The zero-order valence-corrected chi connectivity index (χ0v) is 13.1. The van der Waals surface area contributed by atoms with E-state index in [1.54, 1.807) is 24.3 Å². The molecule has 0 saturated heterocycles. The molecular weight excluding hydrogens is 286 g/mol. The molecule has 0 amide bonds. The van der Waals surface area contributed by atoms with Crippen molar-refractivity contribution in [3.8, 4) is 11.5 Å². The van der Waals surface area contributed by atoms with Crippen molar-refractivity contribution in [1.82, 2.24) is 0 Å². The lowest BCUT2D eigenvalue weighted by Gasteiger charge is -2.05. The number of ether oxygens (including phenoxy) is 1. The molecule has 3 rings (SSSR count). The maximum Gasteiger partial charge on any atom is 0.127 e. The van der Waals surface area contributed by atoms with Gasteiger partial charge in [0.15, 0.2) is 0 Å². The summed E-state index contributed by atoms with van der Waals surface area (Å²) in [4.78, 5) is 0. The fraction of sp³-hybridized carbons (Fsp3) is 0.0526. The average Bonchev–Trinajstić information content (AvgIpc) is 2.55. The van der Waals surface area contributed by atoms with Crippen LogP contribution in [0, 0.1) is 6.92 Å². The molecule has 3 aromatic carbocycles. The van der Waals surface area contributed by atoms with E-state index in [0.717, 1.165) is 34.1 Å². The van der Waals surface area contributed by atoms with E-state index >= 15 is 0 Å². The van der Waals surface area contributed by atoms with Gasteiger partial charge in [-0.15, -0.1) is 0 Å². The van der Waals surface area contributed by atoms with Gasteiger partial charge in [-0.05, 0) is 67.1 Å². The van der Waals surface area contributed by atoms with Gasteiger partial charge < -0.3 is 21.9 Å². The normalized spacial score (nSPS) is 9.61. The Labute approximate surface area is 136 Å². The minimum Gasteiger partial charge on any atom is -0.457 e. The molecule has 0 fully saturated rings. The van der Waals surface area contributed by atoms with Crippen LogP contribution in [0.5, 0.6) is 11.5 Å². The van der Waals surface area contributed by atoms with Gasteiger partial charge in [-0.25, -0.2) is 0 Å². The summed E-state index contributed by atoms with van der Waals surface area (Å²) >= 11 is 0. The summed E-state index contributed by atoms with van der Waals surface area (Å²) in [6, 6.07) is 22.3. The van der Waals surface area contributed by atoms with Crippen LogP contribution in [0.15, 0.2) is 72.8 Å². The Balaban J connectivity index is 0.000000203. The minimum absolute atomic E-state index is 0.722. The van der Waals surface area contributed by atoms with Gasteiger partial charge >= 0.3 is 0 Å². The van der Waals surface area contributed by atoms with E-state index in [1.165, 1.54) is 0 Å². The van der Waals surface area contributed by atoms with Crippen LogP contribution in [0.2, 0.25) is 0 Å². The van der Waals surface area contributed by atoms with E-state index in [2.05, 4.69) is 0 Å². The van der Waals surface area contributed by atoms with Gasteiger partial charge in [0.25, 0.3) is 0 Å². The van der Waals surface area contributed by atoms with E-state index in [1.807, 2.05) is 55.5 Å². The maximum atomic E-state index is 5.58. The van der Waals surface area contributed by atoms with Crippen molar-refractivity contribution in [3.05, 3.63) is 78.4 Å². The summed E-state index contributed by atoms with van der Waals surface area (Å²) in [6.07, 6.45) is 0. The molecule has 0 aromatic heterocycles. The second-order valence-electron chi connectivity index (χ2n) is 5.10. The maximum absolute atomic E-state index is 5.58. The predicted octanol–water partition coefficient (Wildman–Crippen LogP) is 4.22. The highest BCUT2D eigenvalue weighted by Crippen LogP contribution is 2.22. The van der Waals surface area contributed by atoms with Crippen LogP contribution < -0.4 is 21.9 Å². The highest BCUT2D eigenvalue weighted by Gasteiger charge is 1.96. The van der Waals surface area contributed by atoms with Crippen LogP contribution in [0.3, 0.4) is 0 Å². The second kappa shape index (κ2) is 7.75. The van der Waals surface area contributed by atoms with Crippen molar-refractivity contribution in [1.29, 1.82) is 0 Å². The molecule has 0 radical (unpaired) electrons. The van der Waals surface area contributed by atoms with Gasteiger partial charge in [-0.3, -0.25) is 0 Å². The summed E-state index contributed by atoms with van der Waals surface area (Å²) in [6.45, 7) is 2.00. The van der Waals surface area contributed by atoms with Crippen LogP contribution >= 0.6 is 0 Å². The molecule has 0 aliphatic carbocycles. The molecular formula is C19H21N3O. The molecule has 0 aliphatic rings. The monoisotopic (exact) mass is 307 g/mol. The van der Waals surface area contributed by atoms with Gasteiger partial charge in [0.05, 0.1) is 0 Å². The van der Waals surface area contributed by atoms with Crippen molar-refractivity contribution in [3.63, 3.8) is 0 Å². The number of hydrogen-bond donors (Lipinski definition) is 3. The van der Waals surface area contributed by atoms with Crippen molar-refractivity contribution in [2.75, 3.05) is 17.2 Å². The topological polar surface area (TPSA) is 87.3 Å². The Kier molecular flexibility index (Phi) is 5.47. The fourth-order valence-corrected chi connectivity index (χ4v) is 1.79. The van der Waals surface area contributed by atoms with Crippen LogP contribution in [-0.4, -0.2) is 0 Å². The molecule has 0 saturated carbocycles. The van der Waals surface area contributed by atoms with Crippen molar-refractivity contribution in [2.45, 2.75) is 6.92 Å². The minimum atomic E-state index is 0.722.